The van der Waals surface area contributed by atoms with Crippen LogP contribution in [-0.2, 0) is 6.54 Å². The highest BCUT2D eigenvalue weighted by Crippen LogP contribution is 2.28. The lowest BCUT2D eigenvalue weighted by Crippen LogP contribution is -2.34. The first-order chi connectivity index (χ1) is 15.1. The van der Waals surface area contributed by atoms with Gasteiger partial charge in [0.25, 0.3) is 0 Å². The average Bonchev–Trinajstić information content (AvgIpc) is 3.49. The van der Waals surface area contributed by atoms with Gasteiger partial charge in [0, 0.05) is 43.2 Å². The maximum atomic E-state index is 6.31. The van der Waals surface area contributed by atoms with Gasteiger partial charge in [0.2, 0.25) is 11.8 Å². The first-order valence-corrected chi connectivity index (χ1v) is 10.7. The van der Waals surface area contributed by atoms with Gasteiger partial charge in [-0.05, 0) is 31.5 Å². The zero-order valence-electron chi connectivity index (χ0n) is 16.5. The number of hydrogen-bond donors (Lipinski definition) is 2. The van der Waals surface area contributed by atoms with Crippen molar-refractivity contribution in [2.75, 3.05) is 24.1 Å². The Labute approximate surface area is 188 Å². The van der Waals surface area contributed by atoms with Crippen molar-refractivity contribution in [2.45, 2.75) is 25.4 Å². The topological polar surface area (TPSA) is 110 Å². The molecule has 31 heavy (non-hydrogen) atoms. The van der Waals surface area contributed by atoms with E-state index in [1.54, 1.807) is 30.8 Å². The molecule has 0 bridgehead atoms. The second kappa shape index (κ2) is 8.33. The maximum absolute atomic E-state index is 6.31. The van der Waals surface area contributed by atoms with E-state index in [1.165, 1.54) is 4.52 Å². The molecule has 1 fully saturated rings. The van der Waals surface area contributed by atoms with Gasteiger partial charge >= 0.3 is 0 Å². The van der Waals surface area contributed by atoms with Gasteiger partial charge in [-0.3, -0.25) is 9.88 Å². The molecule has 11 heteroatoms. The number of aromatic nitrogens is 5. The molecule has 1 atom stereocenters. The van der Waals surface area contributed by atoms with E-state index in [0.29, 0.717) is 52.2 Å². The van der Waals surface area contributed by atoms with Crippen molar-refractivity contribution in [3.8, 4) is 11.6 Å². The van der Waals surface area contributed by atoms with Gasteiger partial charge in [0.1, 0.15) is 5.82 Å². The van der Waals surface area contributed by atoms with E-state index >= 15 is 0 Å². The number of halogens is 2. The fourth-order valence-corrected chi connectivity index (χ4v) is 4.35. The number of rotatable bonds is 6. The van der Waals surface area contributed by atoms with Gasteiger partial charge in [-0.25, -0.2) is 4.98 Å². The fourth-order valence-electron chi connectivity index (χ4n) is 3.86. The number of fused-ring (bicyclic) bond motifs is 1. The quantitative estimate of drug-likeness (QED) is 0.449. The number of nitrogens with zero attached hydrogens (tertiary/aromatic N) is 6. The normalized spacial score (nSPS) is 16.9. The van der Waals surface area contributed by atoms with Gasteiger partial charge in [-0.15, -0.1) is 5.10 Å². The molecule has 0 amide bonds. The maximum Gasteiger partial charge on any atom is 0.225 e. The number of pyridine rings is 1. The van der Waals surface area contributed by atoms with E-state index in [9.17, 15) is 0 Å². The van der Waals surface area contributed by atoms with E-state index in [1.807, 2.05) is 6.07 Å². The van der Waals surface area contributed by atoms with Crippen molar-refractivity contribution in [1.82, 2.24) is 29.5 Å². The van der Waals surface area contributed by atoms with E-state index in [0.717, 1.165) is 24.9 Å². The fraction of sp³-hybridized carbons (Fsp3) is 0.300. The van der Waals surface area contributed by atoms with Crippen molar-refractivity contribution in [2.24, 2.45) is 0 Å². The molecule has 1 saturated heterocycles. The molecule has 5 rings (SSSR count). The molecule has 5 heterocycles. The Morgan fingerprint density at radius 1 is 1.23 bits per heavy atom. The Morgan fingerprint density at radius 2 is 2.06 bits per heavy atom. The summed E-state index contributed by atoms with van der Waals surface area (Å²) in [6, 6.07) is 5.73. The van der Waals surface area contributed by atoms with E-state index in [2.05, 4.69) is 30.3 Å². The van der Waals surface area contributed by atoms with Crippen LogP contribution in [0.1, 0.15) is 18.4 Å². The summed E-state index contributed by atoms with van der Waals surface area (Å²) in [5.74, 6) is 1.94. The summed E-state index contributed by atoms with van der Waals surface area (Å²) in [5, 5.41) is 8.94. The van der Waals surface area contributed by atoms with Crippen LogP contribution < -0.4 is 11.1 Å². The summed E-state index contributed by atoms with van der Waals surface area (Å²) in [7, 11) is 0. The molecule has 0 saturated carbocycles. The number of nitrogens with two attached hydrogens (primary N) is 1. The Morgan fingerprint density at radius 3 is 2.84 bits per heavy atom. The van der Waals surface area contributed by atoms with Gasteiger partial charge in [-0.1, -0.05) is 23.2 Å². The summed E-state index contributed by atoms with van der Waals surface area (Å²) in [6.45, 7) is 2.37. The summed E-state index contributed by atoms with van der Waals surface area (Å²) in [4.78, 5) is 15.3. The van der Waals surface area contributed by atoms with Crippen LogP contribution in [0, 0.1) is 0 Å². The summed E-state index contributed by atoms with van der Waals surface area (Å²) < 4.78 is 6.87. The monoisotopic (exact) mass is 458 g/mol. The summed E-state index contributed by atoms with van der Waals surface area (Å²) >= 11 is 12.6. The van der Waals surface area contributed by atoms with Crippen LogP contribution in [0.5, 0.6) is 0 Å². The third-order valence-electron chi connectivity index (χ3n) is 5.42. The smallest absolute Gasteiger partial charge is 0.225 e. The molecule has 9 nitrogen and oxygen atoms in total. The first kappa shape index (κ1) is 20.0. The predicted molar refractivity (Wildman–Crippen MR) is 119 cm³/mol. The number of furan rings is 1. The van der Waals surface area contributed by atoms with Crippen LogP contribution in [0.15, 0.2) is 41.3 Å². The molecular formula is C20H20Cl2N8O. The number of likely N-dealkylation sites (tertiary alicyclic amines) is 1. The van der Waals surface area contributed by atoms with Crippen LogP contribution in [0.4, 0.5) is 11.8 Å². The highest BCUT2D eigenvalue weighted by Gasteiger charge is 2.26. The van der Waals surface area contributed by atoms with Crippen molar-refractivity contribution in [1.29, 1.82) is 0 Å². The predicted octanol–water partition coefficient (Wildman–Crippen LogP) is 3.74. The average molecular weight is 459 g/mol. The Balaban J connectivity index is 1.31. The molecule has 4 aromatic heterocycles. The highest BCUT2D eigenvalue weighted by molar-refractivity contribution is 6.35. The van der Waals surface area contributed by atoms with Gasteiger partial charge in [0.15, 0.2) is 11.4 Å². The molecule has 0 unspecified atom stereocenters. The minimum absolute atomic E-state index is 0.254. The number of anilines is 2. The molecular weight excluding hydrogens is 439 g/mol. The number of hydrogen-bond acceptors (Lipinski definition) is 8. The molecule has 4 aromatic rings. The zero-order chi connectivity index (χ0) is 21.4. The highest BCUT2D eigenvalue weighted by atomic mass is 35.5. The number of nitrogens with one attached hydrogen (secondary N) is 1. The zero-order valence-corrected chi connectivity index (χ0v) is 18.0. The van der Waals surface area contributed by atoms with Gasteiger partial charge in [0.05, 0.1) is 16.3 Å². The van der Waals surface area contributed by atoms with Crippen molar-refractivity contribution < 1.29 is 4.42 Å². The molecule has 160 valence electrons. The van der Waals surface area contributed by atoms with E-state index < -0.39 is 0 Å². The molecule has 0 aromatic carbocycles. The van der Waals surface area contributed by atoms with Gasteiger partial charge in [-0.2, -0.15) is 9.50 Å². The molecule has 0 radical (unpaired) electrons. The van der Waals surface area contributed by atoms with E-state index in [-0.39, 0.29) is 5.95 Å². The van der Waals surface area contributed by atoms with Crippen LogP contribution in [0.25, 0.3) is 17.2 Å². The second-order valence-corrected chi connectivity index (χ2v) is 8.23. The van der Waals surface area contributed by atoms with Crippen molar-refractivity contribution >= 4 is 40.6 Å². The summed E-state index contributed by atoms with van der Waals surface area (Å²) in [5.41, 5.74) is 7.61. The Bertz CT molecular complexity index is 1190. The van der Waals surface area contributed by atoms with Crippen LogP contribution >= 0.6 is 23.2 Å². The van der Waals surface area contributed by atoms with Gasteiger partial charge < -0.3 is 15.5 Å². The third-order valence-corrected chi connectivity index (χ3v) is 6.07. The Hall–Kier alpha value is -2.88. The minimum Gasteiger partial charge on any atom is -0.461 e. The summed E-state index contributed by atoms with van der Waals surface area (Å²) in [6.07, 6.45) is 7.01. The van der Waals surface area contributed by atoms with E-state index in [4.69, 9.17) is 33.4 Å². The Kier molecular flexibility index (Phi) is 5.39. The molecule has 1 aliphatic heterocycles. The molecule has 1 aliphatic rings. The van der Waals surface area contributed by atoms with Crippen molar-refractivity contribution in [3.05, 3.63) is 52.5 Å². The lowest BCUT2D eigenvalue weighted by Gasteiger charge is -2.25. The number of nitrogen functional groups attached to an aromatic ring is 1. The first-order valence-electron chi connectivity index (χ1n) is 9.91. The molecule has 3 N–H and O–H groups in total. The van der Waals surface area contributed by atoms with Crippen molar-refractivity contribution in [3.63, 3.8) is 0 Å². The third kappa shape index (κ3) is 4.04. The minimum atomic E-state index is 0.254. The standard InChI is InChI=1S/C20H20Cl2N8O/c21-14-9-24-10-15(22)13(14)11-29-5-1-3-12(29)8-25-17-7-18-27-19(16-4-2-6-31-16)28-30(18)20(23)26-17/h2,4,6-7,9-10,12,25H,1,3,5,8,11H2,(H2,23,26)/t12-/m1/s1. The lowest BCUT2D eigenvalue weighted by molar-refractivity contribution is 0.254. The largest absolute Gasteiger partial charge is 0.461 e. The van der Waals surface area contributed by atoms with Crippen LogP contribution in [0.2, 0.25) is 10.0 Å². The lowest BCUT2D eigenvalue weighted by atomic mass is 10.2. The second-order valence-electron chi connectivity index (χ2n) is 7.41. The van der Waals surface area contributed by atoms with Crippen LogP contribution in [-0.4, -0.2) is 48.6 Å². The SMILES string of the molecule is Nc1nc(NC[C@H]2CCCN2Cc2c(Cl)cncc2Cl)cc2nc(-c3ccco3)nn12. The molecule has 0 spiro atoms. The molecule has 0 aliphatic carbocycles. The van der Waals surface area contributed by atoms with Crippen LogP contribution in [0.3, 0.4) is 0 Å².